The first-order valence-corrected chi connectivity index (χ1v) is 4.51. The molecule has 1 aliphatic carbocycles. The molecule has 0 saturated heterocycles. The van der Waals surface area contributed by atoms with Crippen LogP contribution in [0.4, 0.5) is 0 Å². The van der Waals surface area contributed by atoms with Gasteiger partial charge in [0.15, 0.2) is 0 Å². The molecule has 1 aliphatic rings. The first-order chi connectivity index (χ1) is 4.51. The molecule has 1 fully saturated rings. The van der Waals surface area contributed by atoms with Gasteiger partial charge in [-0.15, -0.1) is 0 Å². The van der Waals surface area contributed by atoms with Crippen molar-refractivity contribution < 1.29 is 0 Å². The van der Waals surface area contributed by atoms with Crippen molar-refractivity contribution in [2.24, 2.45) is 17.3 Å². The molecule has 0 nitrogen and oxygen atoms in total. The van der Waals surface area contributed by atoms with E-state index < -0.39 is 0 Å². The predicted octanol–water partition coefficient (Wildman–Crippen LogP) is 3.47. The summed E-state index contributed by atoms with van der Waals surface area (Å²) in [7, 11) is 0. The van der Waals surface area contributed by atoms with Gasteiger partial charge in [0, 0.05) is 0 Å². The van der Waals surface area contributed by atoms with Crippen molar-refractivity contribution in [1.29, 1.82) is 0 Å². The molecule has 0 heteroatoms. The van der Waals surface area contributed by atoms with Crippen LogP contribution in [0.3, 0.4) is 0 Å². The third-order valence-electron chi connectivity index (χ3n) is 3.12. The molecule has 2 atom stereocenters. The van der Waals surface area contributed by atoms with E-state index in [0.717, 1.165) is 11.8 Å². The molecule has 1 saturated carbocycles. The molecule has 0 radical (unpaired) electrons. The van der Waals surface area contributed by atoms with Crippen molar-refractivity contribution in [3.05, 3.63) is 0 Å². The van der Waals surface area contributed by atoms with Gasteiger partial charge in [0.2, 0.25) is 0 Å². The van der Waals surface area contributed by atoms with E-state index >= 15 is 0 Å². The molecule has 0 heterocycles. The van der Waals surface area contributed by atoms with Crippen LogP contribution >= 0.6 is 0 Å². The summed E-state index contributed by atoms with van der Waals surface area (Å²) >= 11 is 0. The van der Waals surface area contributed by atoms with E-state index in [9.17, 15) is 0 Å². The predicted molar refractivity (Wildman–Crippen MR) is 46.0 cm³/mol. The number of hydrogen-bond acceptors (Lipinski definition) is 0. The summed E-state index contributed by atoms with van der Waals surface area (Å²) in [6.07, 6.45) is 4.29. The zero-order valence-corrected chi connectivity index (χ0v) is 7.78. The van der Waals surface area contributed by atoms with Crippen molar-refractivity contribution in [1.82, 2.24) is 0 Å². The minimum Gasteiger partial charge on any atom is -0.0623 e. The first kappa shape index (κ1) is 8.10. The van der Waals surface area contributed by atoms with Crippen LogP contribution in [-0.4, -0.2) is 0 Å². The Morgan fingerprint density at radius 1 is 1.10 bits per heavy atom. The lowest BCUT2D eigenvalue weighted by molar-refractivity contribution is 0.139. The van der Waals surface area contributed by atoms with Crippen molar-refractivity contribution in [2.75, 3.05) is 0 Å². The average Bonchev–Trinajstić information content (AvgIpc) is 1.79. The fraction of sp³-hybridized carbons (Fsp3) is 1.00. The third kappa shape index (κ3) is 1.74. The molecule has 0 aliphatic heterocycles. The molecule has 0 unspecified atom stereocenters. The van der Waals surface area contributed by atoms with E-state index in [-0.39, 0.29) is 0 Å². The quantitative estimate of drug-likeness (QED) is 0.483. The van der Waals surface area contributed by atoms with Gasteiger partial charge in [-0.2, -0.15) is 0 Å². The molecule has 10 heavy (non-hydrogen) atoms. The maximum absolute atomic E-state index is 2.40. The summed E-state index contributed by atoms with van der Waals surface area (Å²) in [6.45, 7) is 9.58. The van der Waals surface area contributed by atoms with Crippen LogP contribution in [0.1, 0.15) is 47.0 Å². The van der Waals surface area contributed by atoms with Crippen LogP contribution in [0.5, 0.6) is 0 Å². The Morgan fingerprint density at radius 3 is 2.10 bits per heavy atom. The van der Waals surface area contributed by atoms with Gasteiger partial charge in [0.25, 0.3) is 0 Å². The Hall–Kier alpha value is 0. The van der Waals surface area contributed by atoms with Crippen molar-refractivity contribution in [3.63, 3.8) is 0 Å². The fourth-order valence-electron chi connectivity index (χ4n) is 2.08. The Morgan fingerprint density at radius 2 is 1.70 bits per heavy atom. The largest absolute Gasteiger partial charge is 0.0623 e. The van der Waals surface area contributed by atoms with Crippen LogP contribution in [0.2, 0.25) is 0 Å². The summed E-state index contributed by atoms with van der Waals surface area (Å²) in [4.78, 5) is 0. The second kappa shape index (κ2) is 2.56. The van der Waals surface area contributed by atoms with Gasteiger partial charge in [-0.3, -0.25) is 0 Å². The lowest BCUT2D eigenvalue weighted by Gasteiger charge is -2.37. The second-order valence-corrected chi connectivity index (χ2v) is 4.86. The van der Waals surface area contributed by atoms with E-state index in [2.05, 4.69) is 27.7 Å². The number of hydrogen-bond donors (Lipinski definition) is 0. The molecule has 0 aromatic rings. The van der Waals surface area contributed by atoms with Gasteiger partial charge in [0.05, 0.1) is 0 Å². The molecular weight excluding hydrogens is 120 g/mol. The lowest BCUT2D eigenvalue weighted by Crippen LogP contribution is -2.26. The minimum atomic E-state index is 0.631. The van der Waals surface area contributed by atoms with Crippen LogP contribution < -0.4 is 0 Å². The highest BCUT2D eigenvalue weighted by atomic mass is 14.3. The summed E-state index contributed by atoms with van der Waals surface area (Å²) in [6, 6.07) is 0. The van der Waals surface area contributed by atoms with Crippen LogP contribution in [0.25, 0.3) is 0 Å². The highest BCUT2D eigenvalue weighted by molar-refractivity contribution is 4.80. The average molecular weight is 140 g/mol. The van der Waals surface area contributed by atoms with Gasteiger partial charge >= 0.3 is 0 Å². The summed E-state index contributed by atoms with van der Waals surface area (Å²) in [5.74, 6) is 1.91. The number of rotatable bonds is 0. The smallest absolute Gasteiger partial charge is 0.0351 e. The van der Waals surface area contributed by atoms with E-state index in [1.54, 1.807) is 0 Å². The maximum atomic E-state index is 2.40. The molecule has 0 aromatic carbocycles. The standard InChI is InChI=1S/C10H20/c1-8-5-6-10(3,4)7-9(8)2/h8-9H,5-7H2,1-4H3/t8-,9-/m1/s1. The van der Waals surface area contributed by atoms with Crippen molar-refractivity contribution in [3.8, 4) is 0 Å². The molecule has 1 rings (SSSR count). The van der Waals surface area contributed by atoms with E-state index in [1.807, 2.05) is 0 Å². The molecule has 0 aromatic heterocycles. The topological polar surface area (TPSA) is 0 Å². The molecule has 0 amide bonds. The van der Waals surface area contributed by atoms with Crippen LogP contribution in [-0.2, 0) is 0 Å². The SMILES string of the molecule is C[C@@H]1CCC(C)(C)C[C@H]1C. The Balaban J connectivity index is 2.49. The summed E-state index contributed by atoms with van der Waals surface area (Å²) in [5.41, 5.74) is 0.631. The van der Waals surface area contributed by atoms with Crippen LogP contribution in [0.15, 0.2) is 0 Å². The summed E-state index contributed by atoms with van der Waals surface area (Å²) in [5, 5.41) is 0. The van der Waals surface area contributed by atoms with Gasteiger partial charge in [-0.05, 0) is 36.5 Å². The second-order valence-electron chi connectivity index (χ2n) is 4.86. The van der Waals surface area contributed by atoms with E-state index in [0.29, 0.717) is 5.41 Å². The third-order valence-corrected chi connectivity index (χ3v) is 3.12. The molecular formula is C10H20. The minimum absolute atomic E-state index is 0.631. The highest BCUT2D eigenvalue weighted by Gasteiger charge is 2.29. The monoisotopic (exact) mass is 140 g/mol. The zero-order valence-electron chi connectivity index (χ0n) is 7.78. The Bertz CT molecular complexity index is 113. The Labute approximate surface area is 65.0 Å². The molecule has 0 bridgehead atoms. The van der Waals surface area contributed by atoms with Gasteiger partial charge < -0.3 is 0 Å². The first-order valence-electron chi connectivity index (χ1n) is 4.51. The normalized spacial score (nSPS) is 39.6. The van der Waals surface area contributed by atoms with Crippen molar-refractivity contribution >= 4 is 0 Å². The van der Waals surface area contributed by atoms with E-state index in [4.69, 9.17) is 0 Å². The molecule has 0 N–H and O–H groups in total. The van der Waals surface area contributed by atoms with Crippen LogP contribution in [0, 0.1) is 17.3 Å². The molecule has 0 spiro atoms. The maximum Gasteiger partial charge on any atom is -0.0351 e. The van der Waals surface area contributed by atoms with Gasteiger partial charge in [-0.1, -0.05) is 27.7 Å². The summed E-state index contributed by atoms with van der Waals surface area (Å²) < 4.78 is 0. The lowest BCUT2D eigenvalue weighted by atomic mass is 9.68. The van der Waals surface area contributed by atoms with Gasteiger partial charge in [0.1, 0.15) is 0 Å². The fourth-order valence-corrected chi connectivity index (χ4v) is 2.08. The Kier molecular flexibility index (Phi) is 2.07. The zero-order chi connectivity index (χ0) is 7.78. The van der Waals surface area contributed by atoms with E-state index in [1.165, 1.54) is 19.3 Å². The molecule has 60 valence electrons. The van der Waals surface area contributed by atoms with Gasteiger partial charge in [-0.25, -0.2) is 0 Å². The highest BCUT2D eigenvalue weighted by Crippen LogP contribution is 2.41. The van der Waals surface area contributed by atoms with Crippen molar-refractivity contribution in [2.45, 2.75) is 47.0 Å².